The fourth-order valence-electron chi connectivity index (χ4n) is 4.21. The van der Waals surface area contributed by atoms with E-state index in [4.69, 9.17) is 4.74 Å². The van der Waals surface area contributed by atoms with Crippen LogP contribution in [0.4, 0.5) is 10.5 Å². The molecule has 8 heteroatoms. The topological polar surface area (TPSA) is 70.7 Å². The molecule has 0 aliphatic carbocycles. The molecule has 1 saturated heterocycles. The molecule has 1 fully saturated rings. The number of hydrogen-bond donors (Lipinski definition) is 2. The highest BCUT2D eigenvalue weighted by Gasteiger charge is 2.49. The molecule has 0 radical (unpaired) electrons. The molecular formula is C23H20BrN3O3S. The van der Waals surface area contributed by atoms with Crippen molar-refractivity contribution in [2.24, 2.45) is 0 Å². The van der Waals surface area contributed by atoms with Gasteiger partial charge in [-0.15, -0.1) is 11.3 Å². The molecule has 2 aliphatic heterocycles. The number of ether oxygens (including phenoxy) is 1. The van der Waals surface area contributed by atoms with Crippen LogP contribution in [0, 0.1) is 0 Å². The second-order valence-electron chi connectivity index (χ2n) is 7.81. The number of amides is 3. The lowest BCUT2D eigenvalue weighted by Gasteiger charge is -2.50. The Labute approximate surface area is 192 Å². The molecular weight excluding hydrogens is 478 g/mol. The molecule has 1 aromatic heterocycles. The van der Waals surface area contributed by atoms with E-state index in [9.17, 15) is 9.59 Å². The van der Waals surface area contributed by atoms with E-state index in [1.165, 1.54) is 0 Å². The summed E-state index contributed by atoms with van der Waals surface area (Å²) in [5, 5.41) is 7.99. The summed E-state index contributed by atoms with van der Waals surface area (Å²) in [5.41, 5.74) is 1.21. The quantitative estimate of drug-likeness (QED) is 0.519. The summed E-state index contributed by atoms with van der Waals surface area (Å²) in [6, 6.07) is 16.4. The zero-order valence-electron chi connectivity index (χ0n) is 16.7. The van der Waals surface area contributed by atoms with Gasteiger partial charge in [-0.05, 0) is 54.8 Å². The Bertz CT molecular complexity index is 1170. The van der Waals surface area contributed by atoms with E-state index in [0.29, 0.717) is 24.2 Å². The van der Waals surface area contributed by atoms with Crippen LogP contribution >= 0.6 is 27.3 Å². The number of nitrogens with zero attached hydrogens (tertiary/aromatic N) is 1. The van der Waals surface area contributed by atoms with E-state index in [-0.39, 0.29) is 18.0 Å². The normalized spacial score (nSPS) is 21.7. The third-order valence-electron chi connectivity index (χ3n) is 5.60. The molecule has 3 amide bonds. The van der Waals surface area contributed by atoms with Crippen LogP contribution in [0.1, 0.15) is 40.2 Å². The van der Waals surface area contributed by atoms with Crippen molar-refractivity contribution in [1.29, 1.82) is 0 Å². The van der Waals surface area contributed by atoms with E-state index in [1.807, 2.05) is 48.7 Å². The largest absolute Gasteiger partial charge is 0.467 e. The predicted molar refractivity (Wildman–Crippen MR) is 123 cm³/mol. The molecule has 2 bridgehead atoms. The summed E-state index contributed by atoms with van der Waals surface area (Å²) < 4.78 is 7.27. The smallest absolute Gasteiger partial charge is 0.325 e. The van der Waals surface area contributed by atoms with Gasteiger partial charge < -0.3 is 15.4 Å². The zero-order chi connectivity index (χ0) is 21.6. The number of nitrogens with one attached hydrogen (secondary N) is 2. The van der Waals surface area contributed by atoms with Gasteiger partial charge in [0.25, 0.3) is 5.91 Å². The van der Waals surface area contributed by atoms with E-state index in [0.717, 1.165) is 20.7 Å². The number of fused-ring (bicyclic) bond motifs is 4. The number of rotatable bonds is 4. The van der Waals surface area contributed by atoms with Gasteiger partial charge in [-0.1, -0.05) is 28.1 Å². The fourth-order valence-corrected chi connectivity index (χ4v) is 5.23. The molecule has 2 atom stereocenters. The average molecular weight is 498 g/mol. The van der Waals surface area contributed by atoms with Gasteiger partial charge in [-0.2, -0.15) is 0 Å². The van der Waals surface area contributed by atoms with Gasteiger partial charge in [0.05, 0.1) is 18.3 Å². The molecule has 2 N–H and O–H groups in total. The summed E-state index contributed by atoms with van der Waals surface area (Å²) in [5.74, 6) is 0.562. The first-order valence-corrected chi connectivity index (χ1v) is 11.6. The van der Waals surface area contributed by atoms with Gasteiger partial charge in [0.1, 0.15) is 5.75 Å². The average Bonchev–Trinajstić information content (AvgIpc) is 3.26. The van der Waals surface area contributed by atoms with Crippen molar-refractivity contribution < 1.29 is 14.3 Å². The number of benzene rings is 2. The molecule has 3 heterocycles. The molecule has 0 spiro atoms. The van der Waals surface area contributed by atoms with E-state index in [2.05, 4.69) is 26.6 Å². The first-order valence-electron chi connectivity index (χ1n) is 9.93. The Kier molecular flexibility index (Phi) is 4.98. The summed E-state index contributed by atoms with van der Waals surface area (Å²) in [6.45, 7) is 2.38. The molecule has 6 nitrogen and oxygen atoms in total. The number of hydrogen-bond acceptors (Lipinski definition) is 4. The number of thiophene rings is 1. The standard InChI is InChI=1S/C23H20BrN3O3S/c1-23-12-19(18-11-15(24)7-8-20(18)30-23)26-22(29)27(23)16-5-2-4-14(10-16)21(28)25-13-17-6-3-9-31-17/h2-11,19H,12-13H2,1H3,(H,25,28)(H,26,29)/t19-,23-/m1/s1. The summed E-state index contributed by atoms with van der Waals surface area (Å²) in [4.78, 5) is 28.5. The Morgan fingerprint density at radius 1 is 1.29 bits per heavy atom. The number of halogens is 1. The molecule has 3 aromatic rings. The van der Waals surface area contributed by atoms with Crippen molar-refractivity contribution in [3.63, 3.8) is 0 Å². The summed E-state index contributed by atoms with van der Waals surface area (Å²) >= 11 is 5.08. The highest BCUT2D eigenvalue weighted by atomic mass is 79.9. The lowest BCUT2D eigenvalue weighted by molar-refractivity contribution is 0.0378. The second-order valence-corrected chi connectivity index (χ2v) is 9.76. The third-order valence-corrected chi connectivity index (χ3v) is 6.97. The Balaban J connectivity index is 1.42. The van der Waals surface area contributed by atoms with Crippen LogP contribution in [0.2, 0.25) is 0 Å². The molecule has 0 saturated carbocycles. The van der Waals surface area contributed by atoms with Crippen molar-refractivity contribution in [3.8, 4) is 5.75 Å². The number of urea groups is 1. The maximum atomic E-state index is 13.1. The minimum absolute atomic E-state index is 0.132. The summed E-state index contributed by atoms with van der Waals surface area (Å²) in [7, 11) is 0. The molecule has 2 aliphatic rings. The maximum absolute atomic E-state index is 13.1. The SMILES string of the molecule is C[C@@]12C[C@@H](NC(=O)N1c1cccc(C(=O)NCc3cccs3)c1)c1cc(Br)ccc1O2. The lowest BCUT2D eigenvalue weighted by Crippen LogP contribution is -2.65. The highest BCUT2D eigenvalue weighted by Crippen LogP contribution is 2.46. The lowest BCUT2D eigenvalue weighted by atomic mass is 9.90. The Hall–Kier alpha value is -2.84. The minimum atomic E-state index is -0.861. The van der Waals surface area contributed by atoms with Gasteiger partial charge in [0.2, 0.25) is 0 Å². The number of anilines is 1. The third kappa shape index (κ3) is 3.70. The predicted octanol–water partition coefficient (Wildman–Crippen LogP) is 5.21. The number of carbonyl (C=O) groups is 2. The van der Waals surface area contributed by atoms with Crippen molar-refractivity contribution in [2.45, 2.75) is 31.7 Å². The van der Waals surface area contributed by atoms with Gasteiger partial charge >= 0.3 is 6.03 Å². The molecule has 5 rings (SSSR count). The Morgan fingerprint density at radius 3 is 2.97 bits per heavy atom. The van der Waals surface area contributed by atoms with Crippen molar-refractivity contribution >= 4 is 44.9 Å². The Morgan fingerprint density at radius 2 is 2.16 bits per heavy atom. The van der Waals surface area contributed by atoms with Crippen molar-refractivity contribution in [2.75, 3.05) is 4.90 Å². The van der Waals surface area contributed by atoms with Crippen molar-refractivity contribution in [1.82, 2.24) is 10.6 Å². The monoisotopic (exact) mass is 497 g/mol. The van der Waals surface area contributed by atoms with Gasteiger partial charge in [-0.3, -0.25) is 9.69 Å². The fraction of sp³-hybridized carbons (Fsp3) is 0.217. The highest BCUT2D eigenvalue weighted by molar-refractivity contribution is 9.10. The van der Waals surface area contributed by atoms with Crippen LogP contribution in [-0.2, 0) is 6.54 Å². The van der Waals surface area contributed by atoms with Crippen LogP contribution in [0.5, 0.6) is 5.75 Å². The van der Waals surface area contributed by atoms with Crippen LogP contribution in [-0.4, -0.2) is 17.7 Å². The minimum Gasteiger partial charge on any atom is -0.467 e. The van der Waals surface area contributed by atoms with Crippen LogP contribution in [0.3, 0.4) is 0 Å². The molecule has 31 heavy (non-hydrogen) atoms. The van der Waals surface area contributed by atoms with E-state index < -0.39 is 5.72 Å². The first kappa shape index (κ1) is 20.1. The summed E-state index contributed by atoms with van der Waals surface area (Å²) in [6.07, 6.45) is 0.594. The first-order chi connectivity index (χ1) is 14.9. The zero-order valence-corrected chi connectivity index (χ0v) is 19.1. The van der Waals surface area contributed by atoms with E-state index in [1.54, 1.807) is 34.4 Å². The van der Waals surface area contributed by atoms with Crippen LogP contribution in [0.25, 0.3) is 0 Å². The van der Waals surface area contributed by atoms with Crippen molar-refractivity contribution in [3.05, 3.63) is 80.5 Å². The molecule has 158 valence electrons. The van der Waals surface area contributed by atoms with Gasteiger partial charge in [0.15, 0.2) is 5.72 Å². The van der Waals surface area contributed by atoms with Gasteiger partial charge in [0, 0.05) is 26.9 Å². The molecule has 2 aromatic carbocycles. The van der Waals surface area contributed by atoms with E-state index >= 15 is 0 Å². The number of carbonyl (C=O) groups excluding carboxylic acids is 2. The second kappa shape index (κ2) is 7.69. The van der Waals surface area contributed by atoms with Crippen LogP contribution < -0.4 is 20.3 Å². The van der Waals surface area contributed by atoms with Crippen LogP contribution in [0.15, 0.2) is 64.5 Å². The molecule has 0 unspecified atom stereocenters. The van der Waals surface area contributed by atoms with Gasteiger partial charge in [-0.25, -0.2) is 4.79 Å². The maximum Gasteiger partial charge on any atom is 0.325 e.